The monoisotopic (exact) mass is 491 g/mol. The van der Waals surface area contributed by atoms with Crippen molar-refractivity contribution in [3.8, 4) is 28.7 Å². The molecule has 2 N–H and O–H groups in total. The van der Waals surface area contributed by atoms with Gasteiger partial charge in [-0.25, -0.2) is 14.8 Å². The maximum absolute atomic E-state index is 12.6. The Balaban J connectivity index is 1.54. The van der Waals surface area contributed by atoms with Crippen LogP contribution in [0.25, 0.3) is 33.5 Å². The van der Waals surface area contributed by atoms with Crippen LogP contribution < -0.4 is 5.32 Å². The van der Waals surface area contributed by atoms with Crippen molar-refractivity contribution in [3.63, 3.8) is 0 Å². The van der Waals surface area contributed by atoms with Gasteiger partial charge in [-0.05, 0) is 38.1 Å². The maximum atomic E-state index is 12.6. The lowest BCUT2D eigenvalue weighted by Crippen LogP contribution is -2.36. The molecule has 1 saturated heterocycles. The number of aromatic amines is 1. The van der Waals surface area contributed by atoms with Crippen molar-refractivity contribution < 1.29 is 9.53 Å². The summed E-state index contributed by atoms with van der Waals surface area (Å²) in [4.78, 5) is 24.0. The van der Waals surface area contributed by atoms with Crippen LogP contribution in [0.3, 0.4) is 0 Å². The molecule has 11 nitrogen and oxygen atoms in total. The minimum absolute atomic E-state index is 0.00492. The largest absolute Gasteiger partial charge is 0.446 e. The average molecular weight is 492 g/mol. The fourth-order valence-corrected chi connectivity index (χ4v) is 4.32. The normalized spacial score (nSPS) is 14.7. The summed E-state index contributed by atoms with van der Waals surface area (Å²) in [6, 6.07) is 7.37. The van der Waals surface area contributed by atoms with E-state index in [1.54, 1.807) is 36.3 Å². The van der Waals surface area contributed by atoms with Crippen LogP contribution in [0, 0.1) is 11.3 Å². The number of fused-ring (bicyclic) bond motifs is 1. The Labute approximate surface area is 205 Å². The summed E-state index contributed by atoms with van der Waals surface area (Å²) in [5.74, 6) is 0.00492. The second-order valence-corrected chi connectivity index (χ2v) is 8.84. The maximum Gasteiger partial charge on any atom is 0.413 e. The number of likely N-dealkylation sites (tertiary alicyclic amines) is 1. The van der Waals surface area contributed by atoms with Crippen molar-refractivity contribution in [2.45, 2.75) is 18.9 Å². The van der Waals surface area contributed by atoms with Gasteiger partial charge in [-0.15, -0.1) is 0 Å². The zero-order valence-corrected chi connectivity index (χ0v) is 19.9. The second-order valence-electron chi connectivity index (χ2n) is 8.43. The molecule has 0 saturated carbocycles. The number of rotatable bonds is 4. The van der Waals surface area contributed by atoms with Gasteiger partial charge in [-0.1, -0.05) is 11.6 Å². The van der Waals surface area contributed by atoms with Gasteiger partial charge < -0.3 is 9.64 Å². The van der Waals surface area contributed by atoms with Crippen molar-refractivity contribution in [2.24, 2.45) is 7.05 Å². The molecule has 1 amide bonds. The SMILES string of the molecule is CN1CCC(OC(=O)Nc2nc(-c3ccn(C)n3)c(-c3cc(Cl)c4[nH]ncc4c3)nc2C#N)CC1. The van der Waals surface area contributed by atoms with Gasteiger partial charge in [0, 0.05) is 37.3 Å². The lowest BCUT2D eigenvalue weighted by atomic mass is 10.1. The predicted molar refractivity (Wildman–Crippen MR) is 130 cm³/mol. The van der Waals surface area contributed by atoms with Crippen molar-refractivity contribution in [1.29, 1.82) is 5.26 Å². The number of nitrogens with one attached hydrogen (secondary N) is 2. The summed E-state index contributed by atoms with van der Waals surface area (Å²) in [6.45, 7) is 1.70. The first-order chi connectivity index (χ1) is 16.9. The highest BCUT2D eigenvalue weighted by atomic mass is 35.5. The van der Waals surface area contributed by atoms with Crippen molar-refractivity contribution >= 4 is 34.4 Å². The predicted octanol–water partition coefficient (Wildman–Crippen LogP) is 3.59. The Hall–Kier alpha value is -4.01. The molecule has 0 atom stereocenters. The zero-order chi connectivity index (χ0) is 24.5. The van der Waals surface area contributed by atoms with Crippen LogP contribution >= 0.6 is 11.6 Å². The van der Waals surface area contributed by atoms with Gasteiger partial charge in [-0.3, -0.25) is 15.1 Å². The molecule has 4 aromatic rings. The number of anilines is 1. The van der Waals surface area contributed by atoms with Gasteiger partial charge in [0.2, 0.25) is 0 Å². The van der Waals surface area contributed by atoms with E-state index in [0.29, 0.717) is 33.2 Å². The van der Waals surface area contributed by atoms with E-state index in [-0.39, 0.29) is 17.6 Å². The number of nitrogens with zero attached hydrogens (tertiary/aromatic N) is 7. The fraction of sp³-hybridized carbons (Fsp3) is 0.304. The first-order valence-corrected chi connectivity index (χ1v) is 11.4. The van der Waals surface area contributed by atoms with E-state index in [1.807, 2.05) is 19.2 Å². The zero-order valence-electron chi connectivity index (χ0n) is 19.1. The average Bonchev–Trinajstić information content (AvgIpc) is 3.49. The molecular formula is C23H22ClN9O2. The first-order valence-electron chi connectivity index (χ1n) is 11.0. The molecule has 5 rings (SSSR count). The number of aryl methyl sites for hydroxylation is 1. The first kappa shape index (κ1) is 22.8. The number of nitriles is 1. The number of hydrogen-bond donors (Lipinski definition) is 2. The van der Waals surface area contributed by atoms with Gasteiger partial charge in [0.05, 0.1) is 16.7 Å². The van der Waals surface area contributed by atoms with Gasteiger partial charge in [0.25, 0.3) is 0 Å². The molecule has 3 aromatic heterocycles. The molecule has 0 radical (unpaired) electrons. The smallest absolute Gasteiger partial charge is 0.413 e. The minimum Gasteiger partial charge on any atom is -0.446 e. The van der Waals surface area contributed by atoms with E-state index in [4.69, 9.17) is 16.3 Å². The molecule has 0 aliphatic carbocycles. The van der Waals surface area contributed by atoms with Crippen molar-refractivity contribution in [1.82, 2.24) is 34.8 Å². The summed E-state index contributed by atoms with van der Waals surface area (Å²) in [5, 5.41) is 25.0. The number of hydrogen-bond acceptors (Lipinski definition) is 8. The number of aromatic nitrogens is 6. The third-order valence-corrected chi connectivity index (χ3v) is 6.19. The van der Waals surface area contributed by atoms with Crippen LogP contribution in [-0.2, 0) is 11.8 Å². The Morgan fingerprint density at radius 3 is 2.77 bits per heavy atom. The van der Waals surface area contributed by atoms with Gasteiger partial charge in [0.1, 0.15) is 29.3 Å². The summed E-state index contributed by atoms with van der Waals surface area (Å²) in [6.07, 6.45) is 4.05. The van der Waals surface area contributed by atoms with Crippen LogP contribution in [0.15, 0.2) is 30.6 Å². The molecule has 178 valence electrons. The van der Waals surface area contributed by atoms with Crippen LogP contribution in [0.5, 0.6) is 0 Å². The Bertz CT molecular complexity index is 1450. The van der Waals surface area contributed by atoms with Crippen LogP contribution in [-0.4, -0.2) is 67.2 Å². The number of halogens is 1. The summed E-state index contributed by atoms with van der Waals surface area (Å²) < 4.78 is 7.19. The van der Waals surface area contributed by atoms with Gasteiger partial charge in [0.15, 0.2) is 11.5 Å². The number of amides is 1. The van der Waals surface area contributed by atoms with E-state index in [9.17, 15) is 10.1 Å². The van der Waals surface area contributed by atoms with Crippen LogP contribution in [0.1, 0.15) is 18.5 Å². The molecule has 1 aromatic carbocycles. The van der Waals surface area contributed by atoms with Crippen LogP contribution in [0.2, 0.25) is 5.02 Å². The van der Waals surface area contributed by atoms with Crippen LogP contribution in [0.4, 0.5) is 10.6 Å². The van der Waals surface area contributed by atoms with Crippen molar-refractivity contribution in [3.05, 3.63) is 41.3 Å². The number of ether oxygens (including phenoxy) is 1. The fourth-order valence-electron chi connectivity index (χ4n) is 4.05. The van der Waals surface area contributed by atoms with Gasteiger partial charge >= 0.3 is 6.09 Å². The number of carbonyl (C=O) groups excluding carboxylic acids is 1. The molecule has 1 aliphatic rings. The molecule has 0 unspecified atom stereocenters. The lowest BCUT2D eigenvalue weighted by Gasteiger charge is -2.28. The lowest BCUT2D eigenvalue weighted by molar-refractivity contribution is 0.0661. The quantitative estimate of drug-likeness (QED) is 0.441. The van der Waals surface area contributed by atoms with E-state index in [2.05, 4.69) is 35.5 Å². The highest BCUT2D eigenvalue weighted by Crippen LogP contribution is 2.34. The number of H-pyrrole nitrogens is 1. The molecule has 0 spiro atoms. The Morgan fingerprint density at radius 2 is 2.06 bits per heavy atom. The Morgan fingerprint density at radius 1 is 1.26 bits per heavy atom. The number of piperidine rings is 1. The standard InChI is InChI=1S/C23H22ClN9O2/c1-32-6-3-15(4-7-32)35-23(34)29-22-18(11-25)27-20(21(28-22)17-5-8-33(2)31-17)13-9-14-12-26-30-19(14)16(24)10-13/h5,8-10,12,15H,3-4,6-7H2,1-2H3,(H,26,30)(H,28,29,34). The highest BCUT2D eigenvalue weighted by Gasteiger charge is 2.24. The number of carbonyl (C=O) groups is 1. The molecule has 1 fully saturated rings. The summed E-state index contributed by atoms with van der Waals surface area (Å²) in [5.41, 5.74) is 2.59. The third-order valence-electron chi connectivity index (χ3n) is 5.89. The number of benzene rings is 1. The topological polar surface area (TPSA) is 138 Å². The molecule has 12 heteroatoms. The molecule has 0 bridgehead atoms. The van der Waals surface area contributed by atoms with E-state index in [0.717, 1.165) is 31.3 Å². The summed E-state index contributed by atoms with van der Waals surface area (Å²) >= 11 is 6.45. The second kappa shape index (κ2) is 9.32. The van der Waals surface area contributed by atoms with E-state index in [1.165, 1.54) is 0 Å². The molecular weight excluding hydrogens is 470 g/mol. The highest BCUT2D eigenvalue weighted by molar-refractivity contribution is 6.35. The van der Waals surface area contributed by atoms with Gasteiger partial charge in [-0.2, -0.15) is 15.5 Å². The minimum atomic E-state index is -0.673. The third kappa shape index (κ3) is 4.66. The molecule has 4 heterocycles. The van der Waals surface area contributed by atoms with E-state index >= 15 is 0 Å². The van der Waals surface area contributed by atoms with Crippen molar-refractivity contribution in [2.75, 3.05) is 25.5 Å². The molecule has 35 heavy (non-hydrogen) atoms. The Kier molecular flexibility index (Phi) is 6.07. The van der Waals surface area contributed by atoms with E-state index < -0.39 is 6.09 Å². The summed E-state index contributed by atoms with van der Waals surface area (Å²) in [7, 11) is 3.82. The molecule has 1 aliphatic heterocycles.